The number of carbonyl (C=O) groups is 2. The Labute approximate surface area is 166 Å². The van der Waals surface area contributed by atoms with E-state index in [4.69, 9.17) is 11.6 Å². The fraction of sp³-hybridized carbons (Fsp3) is 0.545. The molecule has 1 aliphatic carbocycles. The monoisotopic (exact) mass is 386 g/mol. The van der Waals surface area contributed by atoms with Crippen LogP contribution in [0.15, 0.2) is 30.0 Å². The van der Waals surface area contributed by atoms with Gasteiger partial charge in [-0.2, -0.15) is 0 Å². The topological polar surface area (TPSA) is 40.6 Å². The first kappa shape index (κ1) is 18.5. The van der Waals surface area contributed by atoms with Gasteiger partial charge in [-0.15, -0.1) is 0 Å². The summed E-state index contributed by atoms with van der Waals surface area (Å²) in [6, 6.07) is 7.35. The van der Waals surface area contributed by atoms with Gasteiger partial charge in [0, 0.05) is 24.2 Å². The van der Waals surface area contributed by atoms with E-state index in [2.05, 4.69) is 11.8 Å². The summed E-state index contributed by atoms with van der Waals surface area (Å²) in [6.45, 7) is 3.90. The van der Waals surface area contributed by atoms with Crippen LogP contribution in [0.1, 0.15) is 57.4 Å². The summed E-state index contributed by atoms with van der Waals surface area (Å²) < 4.78 is 0. The number of hydrogen-bond acceptors (Lipinski definition) is 3. The third-order valence-electron chi connectivity index (χ3n) is 6.14. The highest BCUT2D eigenvalue weighted by Gasteiger charge is 2.45. The van der Waals surface area contributed by atoms with Gasteiger partial charge in [0.15, 0.2) is 0 Å². The number of carbonyl (C=O) groups excluding carboxylic acids is 2. The maximum atomic E-state index is 13.5. The Hall–Kier alpha value is -1.81. The average Bonchev–Trinajstić information content (AvgIpc) is 2.93. The number of imide groups is 1. The first-order valence-corrected chi connectivity index (χ1v) is 10.6. The predicted molar refractivity (Wildman–Crippen MR) is 107 cm³/mol. The Balaban J connectivity index is 1.75. The molecule has 1 aromatic rings. The van der Waals surface area contributed by atoms with Crippen LogP contribution in [0.4, 0.5) is 0 Å². The smallest absolute Gasteiger partial charge is 0.278 e. The lowest BCUT2D eigenvalue weighted by Crippen LogP contribution is -2.44. The molecule has 3 aliphatic rings. The van der Waals surface area contributed by atoms with Gasteiger partial charge in [0.1, 0.15) is 5.70 Å². The highest BCUT2D eigenvalue weighted by Crippen LogP contribution is 2.37. The Morgan fingerprint density at radius 3 is 2.30 bits per heavy atom. The molecule has 0 aromatic heterocycles. The van der Waals surface area contributed by atoms with Gasteiger partial charge in [0.25, 0.3) is 11.8 Å². The van der Waals surface area contributed by atoms with Crippen LogP contribution >= 0.6 is 11.6 Å². The standard InChI is InChI=1S/C22H27ClN2O2/c1-15-6-5-13-24(14-15)20-19(16-9-11-17(23)12-10-16)21(26)25(22(20)27)18-7-3-2-4-8-18/h9-12,15,18H,2-8,13-14H2,1H3. The zero-order valence-electron chi connectivity index (χ0n) is 15.9. The fourth-order valence-electron chi connectivity index (χ4n) is 4.77. The van der Waals surface area contributed by atoms with Crippen LogP contribution in [-0.4, -0.2) is 40.7 Å². The molecular weight excluding hydrogens is 360 g/mol. The molecule has 0 N–H and O–H groups in total. The van der Waals surface area contributed by atoms with E-state index in [1.807, 2.05) is 12.1 Å². The van der Waals surface area contributed by atoms with Crippen LogP contribution in [-0.2, 0) is 9.59 Å². The average molecular weight is 387 g/mol. The first-order chi connectivity index (χ1) is 13.1. The molecule has 0 radical (unpaired) electrons. The lowest BCUT2D eigenvalue weighted by molar-refractivity contribution is -0.141. The van der Waals surface area contributed by atoms with Crippen molar-refractivity contribution in [2.45, 2.75) is 57.9 Å². The predicted octanol–water partition coefficient (Wildman–Crippen LogP) is 4.48. The van der Waals surface area contributed by atoms with Gasteiger partial charge in [-0.1, -0.05) is 49.9 Å². The maximum absolute atomic E-state index is 13.5. The van der Waals surface area contributed by atoms with Gasteiger partial charge in [0.2, 0.25) is 0 Å². The highest BCUT2D eigenvalue weighted by molar-refractivity contribution is 6.36. The summed E-state index contributed by atoms with van der Waals surface area (Å²) in [4.78, 5) is 30.6. The fourth-order valence-corrected chi connectivity index (χ4v) is 4.89. The Bertz CT molecular complexity index is 765. The molecule has 2 heterocycles. The van der Waals surface area contributed by atoms with E-state index in [-0.39, 0.29) is 17.9 Å². The van der Waals surface area contributed by atoms with Crippen molar-refractivity contribution in [3.8, 4) is 0 Å². The molecule has 1 saturated carbocycles. The van der Waals surface area contributed by atoms with Crippen LogP contribution in [0.2, 0.25) is 5.02 Å². The van der Waals surface area contributed by atoms with E-state index >= 15 is 0 Å². The summed E-state index contributed by atoms with van der Waals surface area (Å²) in [5.41, 5.74) is 1.97. The second-order valence-electron chi connectivity index (χ2n) is 8.20. The second-order valence-corrected chi connectivity index (χ2v) is 8.63. The number of likely N-dealkylation sites (tertiary alicyclic amines) is 1. The summed E-state index contributed by atoms with van der Waals surface area (Å²) in [7, 11) is 0. The molecule has 1 saturated heterocycles. The molecule has 1 atom stereocenters. The van der Waals surface area contributed by atoms with Crippen molar-refractivity contribution in [3.63, 3.8) is 0 Å². The van der Waals surface area contributed by atoms with E-state index < -0.39 is 0 Å². The van der Waals surface area contributed by atoms with Gasteiger partial charge >= 0.3 is 0 Å². The largest absolute Gasteiger partial charge is 0.366 e. The second kappa shape index (κ2) is 7.67. The summed E-state index contributed by atoms with van der Waals surface area (Å²) in [6.07, 6.45) is 7.46. The molecule has 2 fully saturated rings. The molecule has 144 valence electrons. The van der Waals surface area contributed by atoms with Gasteiger partial charge < -0.3 is 4.90 Å². The van der Waals surface area contributed by atoms with Crippen LogP contribution in [0.5, 0.6) is 0 Å². The Morgan fingerprint density at radius 2 is 1.63 bits per heavy atom. The van der Waals surface area contributed by atoms with Crippen molar-refractivity contribution in [2.24, 2.45) is 5.92 Å². The molecule has 1 aromatic carbocycles. The van der Waals surface area contributed by atoms with Crippen molar-refractivity contribution in [1.29, 1.82) is 0 Å². The minimum Gasteiger partial charge on any atom is -0.366 e. The number of halogens is 1. The van der Waals surface area contributed by atoms with Gasteiger partial charge in [-0.25, -0.2) is 0 Å². The molecule has 0 bridgehead atoms. The van der Waals surface area contributed by atoms with E-state index in [1.165, 1.54) is 12.8 Å². The lowest BCUT2D eigenvalue weighted by Gasteiger charge is -2.34. The van der Waals surface area contributed by atoms with E-state index in [9.17, 15) is 9.59 Å². The number of piperidine rings is 1. The van der Waals surface area contributed by atoms with Crippen LogP contribution in [0, 0.1) is 5.92 Å². The quantitative estimate of drug-likeness (QED) is 0.719. The first-order valence-electron chi connectivity index (χ1n) is 10.2. The number of rotatable bonds is 3. The molecule has 1 unspecified atom stereocenters. The van der Waals surface area contributed by atoms with E-state index in [0.29, 0.717) is 22.2 Å². The number of hydrogen-bond donors (Lipinski definition) is 0. The van der Waals surface area contributed by atoms with Crippen molar-refractivity contribution in [2.75, 3.05) is 13.1 Å². The minimum atomic E-state index is -0.123. The van der Waals surface area contributed by atoms with E-state index in [0.717, 1.165) is 50.8 Å². The Morgan fingerprint density at radius 1 is 0.926 bits per heavy atom. The van der Waals surface area contributed by atoms with Crippen molar-refractivity contribution < 1.29 is 9.59 Å². The summed E-state index contributed by atoms with van der Waals surface area (Å²) in [5.74, 6) is 0.317. The lowest BCUT2D eigenvalue weighted by atomic mass is 9.94. The maximum Gasteiger partial charge on any atom is 0.278 e. The molecular formula is C22H27ClN2O2. The van der Waals surface area contributed by atoms with E-state index in [1.54, 1.807) is 17.0 Å². The molecule has 4 nitrogen and oxygen atoms in total. The number of nitrogens with zero attached hydrogens (tertiary/aromatic N) is 2. The molecule has 27 heavy (non-hydrogen) atoms. The van der Waals surface area contributed by atoms with Crippen molar-refractivity contribution in [1.82, 2.24) is 9.80 Å². The third-order valence-corrected chi connectivity index (χ3v) is 6.39. The molecule has 4 rings (SSSR count). The zero-order chi connectivity index (χ0) is 19.0. The molecule has 2 aliphatic heterocycles. The van der Waals surface area contributed by atoms with Gasteiger partial charge in [0.05, 0.1) is 5.57 Å². The van der Waals surface area contributed by atoms with Crippen molar-refractivity contribution >= 4 is 29.0 Å². The molecule has 5 heteroatoms. The highest BCUT2D eigenvalue weighted by atomic mass is 35.5. The van der Waals surface area contributed by atoms with Crippen LogP contribution < -0.4 is 0 Å². The minimum absolute atomic E-state index is 0.0424. The van der Waals surface area contributed by atoms with Crippen molar-refractivity contribution in [3.05, 3.63) is 40.5 Å². The summed E-state index contributed by atoms with van der Waals surface area (Å²) >= 11 is 6.05. The molecule has 2 amide bonds. The normalized spacial score (nSPS) is 24.9. The SMILES string of the molecule is CC1CCCN(C2=C(c3ccc(Cl)cc3)C(=O)N(C3CCCCC3)C2=O)C1. The Kier molecular flexibility index (Phi) is 5.27. The number of benzene rings is 1. The molecule has 0 spiro atoms. The summed E-state index contributed by atoms with van der Waals surface area (Å²) in [5, 5.41) is 0.633. The van der Waals surface area contributed by atoms with Gasteiger partial charge in [-0.05, 0) is 49.3 Å². The van der Waals surface area contributed by atoms with Gasteiger partial charge in [-0.3, -0.25) is 14.5 Å². The number of amides is 2. The van der Waals surface area contributed by atoms with Crippen LogP contribution in [0.3, 0.4) is 0 Å². The zero-order valence-corrected chi connectivity index (χ0v) is 16.7. The third kappa shape index (κ3) is 3.52. The van der Waals surface area contributed by atoms with Crippen LogP contribution in [0.25, 0.3) is 5.57 Å².